The largest absolute Gasteiger partial charge is 0.481 e. The fourth-order valence-electron chi connectivity index (χ4n) is 2.12. The zero-order valence-corrected chi connectivity index (χ0v) is 17.1. The number of hydrogen-bond acceptors (Lipinski definition) is 5. The number of nitrogens with zero attached hydrogens (tertiary/aromatic N) is 1. The summed E-state index contributed by atoms with van der Waals surface area (Å²) < 4.78 is 43.9. The molecule has 156 valence electrons. The van der Waals surface area contributed by atoms with Crippen LogP contribution in [-0.4, -0.2) is 44.2 Å². The van der Waals surface area contributed by atoms with Gasteiger partial charge in [0.2, 0.25) is 10.0 Å². The molecule has 2 aromatic carbocycles. The van der Waals surface area contributed by atoms with E-state index in [0.29, 0.717) is 5.02 Å². The highest BCUT2D eigenvalue weighted by Gasteiger charge is 2.23. The second-order valence-corrected chi connectivity index (χ2v) is 8.45. The Morgan fingerprint density at radius 1 is 1.10 bits per heavy atom. The van der Waals surface area contributed by atoms with Gasteiger partial charge in [0.1, 0.15) is 11.6 Å². The van der Waals surface area contributed by atoms with Gasteiger partial charge in [-0.3, -0.25) is 20.4 Å². The van der Waals surface area contributed by atoms with E-state index in [1.165, 1.54) is 62.5 Å². The van der Waals surface area contributed by atoms with E-state index in [0.717, 1.165) is 4.31 Å². The average Bonchev–Trinajstić information content (AvgIpc) is 2.68. The number of rotatable bonds is 7. The first-order valence-corrected chi connectivity index (χ1v) is 10.1. The molecule has 0 saturated carbocycles. The zero-order chi connectivity index (χ0) is 21.6. The van der Waals surface area contributed by atoms with E-state index < -0.39 is 40.3 Å². The van der Waals surface area contributed by atoms with Crippen molar-refractivity contribution in [2.75, 3.05) is 13.6 Å². The Morgan fingerprint density at radius 2 is 1.69 bits per heavy atom. The molecule has 0 bridgehead atoms. The van der Waals surface area contributed by atoms with Crippen LogP contribution in [0.5, 0.6) is 5.75 Å². The molecule has 0 aromatic heterocycles. The summed E-state index contributed by atoms with van der Waals surface area (Å²) >= 11 is 5.74. The number of nitrogens with one attached hydrogen (secondary N) is 2. The molecule has 0 unspecified atom stereocenters. The monoisotopic (exact) mass is 443 g/mol. The Balaban J connectivity index is 1.85. The summed E-state index contributed by atoms with van der Waals surface area (Å²) in [6.45, 7) is 0.903. The minimum absolute atomic E-state index is 0.0254. The number of amides is 2. The lowest BCUT2D eigenvalue weighted by molar-refractivity contribution is -0.132. The molecule has 0 fully saturated rings. The fraction of sp³-hybridized carbons (Fsp3) is 0.222. The zero-order valence-electron chi connectivity index (χ0n) is 15.6. The van der Waals surface area contributed by atoms with Gasteiger partial charge in [-0.15, -0.1) is 0 Å². The Morgan fingerprint density at radius 3 is 2.28 bits per heavy atom. The number of carbonyl (C=O) groups excluding carboxylic acids is 2. The molecule has 0 aliphatic rings. The highest BCUT2D eigenvalue weighted by Crippen LogP contribution is 2.17. The molecule has 2 N–H and O–H groups in total. The van der Waals surface area contributed by atoms with Crippen molar-refractivity contribution in [3.8, 4) is 5.75 Å². The van der Waals surface area contributed by atoms with Crippen LogP contribution in [-0.2, 0) is 19.6 Å². The second-order valence-electron chi connectivity index (χ2n) is 5.97. The average molecular weight is 444 g/mol. The van der Waals surface area contributed by atoms with E-state index in [2.05, 4.69) is 10.9 Å². The standard InChI is InChI=1S/C18H19ClFN3O5S/c1-12(28-15-7-5-14(20)6-8-15)18(25)22-21-17(24)11-23(2)29(26,27)16-9-3-13(19)4-10-16/h3-10,12H,11H2,1-2H3,(H,21,24)(H,22,25)/t12-/m0/s1. The fourth-order valence-corrected chi connectivity index (χ4v) is 3.37. The number of sulfonamides is 1. The Hall–Kier alpha value is -2.69. The van der Waals surface area contributed by atoms with E-state index in [1.54, 1.807) is 0 Å². The quantitative estimate of drug-likeness (QED) is 0.634. The first-order valence-electron chi connectivity index (χ1n) is 8.32. The molecule has 0 aliphatic heterocycles. The van der Waals surface area contributed by atoms with E-state index in [4.69, 9.17) is 16.3 Å². The third-order valence-corrected chi connectivity index (χ3v) is 5.78. The second kappa shape index (κ2) is 9.68. The van der Waals surface area contributed by atoms with Crippen molar-refractivity contribution in [1.29, 1.82) is 0 Å². The van der Waals surface area contributed by atoms with Gasteiger partial charge in [0.15, 0.2) is 6.10 Å². The molecule has 8 nitrogen and oxygen atoms in total. The molecule has 0 saturated heterocycles. The lowest BCUT2D eigenvalue weighted by Crippen LogP contribution is -2.50. The van der Waals surface area contributed by atoms with Gasteiger partial charge < -0.3 is 4.74 Å². The van der Waals surface area contributed by atoms with Gasteiger partial charge in [-0.25, -0.2) is 12.8 Å². The summed E-state index contributed by atoms with van der Waals surface area (Å²) in [7, 11) is -2.68. The van der Waals surface area contributed by atoms with Crippen LogP contribution in [0.15, 0.2) is 53.4 Å². The van der Waals surface area contributed by atoms with E-state index >= 15 is 0 Å². The van der Waals surface area contributed by atoms with Gasteiger partial charge in [0, 0.05) is 12.1 Å². The van der Waals surface area contributed by atoms with Gasteiger partial charge in [0.05, 0.1) is 11.4 Å². The van der Waals surface area contributed by atoms with Crippen LogP contribution in [0, 0.1) is 5.82 Å². The molecule has 1 atom stereocenters. The van der Waals surface area contributed by atoms with Crippen LogP contribution in [0.4, 0.5) is 4.39 Å². The Kier molecular flexibility index (Phi) is 7.54. The van der Waals surface area contributed by atoms with Gasteiger partial charge >= 0.3 is 0 Å². The van der Waals surface area contributed by atoms with Crippen LogP contribution in [0.1, 0.15) is 6.92 Å². The summed E-state index contributed by atoms with van der Waals surface area (Å²) in [6, 6.07) is 10.6. The molecule has 2 aromatic rings. The van der Waals surface area contributed by atoms with E-state index in [1.807, 2.05) is 0 Å². The first kappa shape index (κ1) is 22.6. The normalized spacial score (nSPS) is 12.3. The van der Waals surface area contributed by atoms with Crippen molar-refractivity contribution in [3.05, 3.63) is 59.4 Å². The number of carbonyl (C=O) groups is 2. The van der Waals surface area contributed by atoms with Crippen LogP contribution in [0.3, 0.4) is 0 Å². The molecule has 2 amide bonds. The summed E-state index contributed by atoms with van der Waals surface area (Å²) in [4.78, 5) is 23.9. The van der Waals surface area contributed by atoms with Crippen molar-refractivity contribution < 1.29 is 27.1 Å². The van der Waals surface area contributed by atoms with Crippen LogP contribution >= 0.6 is 11.6 Å². The SMILES string of the molecule is C[C@H](Oc1ccc(F)cc1)C(=O)NNC(=O)CN(C)S(=O)(=O)c1ccc(Cl)cc1. The summed E-state index contributed by atoms with van der Waals surface area (Å²) in [5.74, 6) is -1.60. The molecular formula is C18H19ClFN3O5S. The maximum absolute atomic E-state index is 12.9. The van der Waals surface area contributed by atoms with Crippen LogP contribution < -0.4 is 15.6 Å². The third-order valence-electron chi connectivity index (χ3n) is 3.71. The molecule has 0 radical (unpaired) electrons. The predicted octanol–water partition coefficient (Wildman–Crippen LogP) is 1.71. The minimum Gasteiger partial charge on any atom is -0.481 e. The first-order chi connectivity index (χ1) is 13.6. The van der Waals surface area contributed by atoms with Gasteiger partial charge in [-0.1, -0.05) is 11.6 Å². The smallest absolute Gasteiger partial charge is 0.279 e. The molecule has 0 heterocycles. The Bertz CT molecular complexity index is 968. The third kappa shape index (κ3) is 6.41. The van der Waals surface area contributed by atoms with Crippen molar-refractivity contribution in [2.45, 2.75) is 17.9 Å². The number of benzene rings is 2. The molecule has 0 aliphatic carbocycles. The van der Waals surface area contributed by atoms with Crippen molar-refractivity contribution in [3.63, 3.8) is 0 Å². The van der Waals surface area contributed by atoms with E-state index in [-0.39, 0.29) is 10.6 Å². The van der Waals surface area contributed by atoms with Gasteiger partial charge in [-0.2, -0.15) is 4.31 Å². The number of likely N-dealkylation sites (N-methyl/N-ethyl adjacent to an activating group) is 1. The number of halogens is 2. The van der Waals surface area contributed by atoms with Crippen LogP contribution in [0.25, 0.3) is 0 Å². The van der Waals surface area contributed by atoms with Gasteiger partial charge in [-0.05, 0) is 55.5 Å². The van der Waals surface area contributed by atoms with Crippen molar-refractivity contribution >= 4 is 33.4 Å². The minimum atomic E-state index is -3.90. The van der Waals surface area contributed by atoms with E-state index in [9.17, 15) is 22.4 Å². The number of ether oxygens (including phenoxy) is 1. The lowest BCUT2D eigenvalue weighted by atomic mass is 10.3. The molecule has 29 heavy (non-hydrogen) atoms. The van der Waals surface area contributed by atoms with Crippen molar-refractivity contribution in [1.82, 2.24) is 15.2 Å². The maximum Gasteiger partial charge on any atom is 0.279 e. The lowest BCUT2D eigenvalue weighted by Gasteiger charge is -2.18. The molecule has 2 rings (SSSR count). The highest BCUT2D eigenvalue weighted by atomic mass is 35.5. The Labute approximate surface area is 172 Å². The number of hydrogen-bond donors (Lipinski definition) is 2. The van der Waals surface area contributed by atoms with Crippen LogP contribution in [0.2, 0.25) is 5.02 Å². The van der Waals surface area contributed by atoms with Crippen molar-refractivity contribution in [2.24, 2.45) is 0 Å². The maximum atomic E-state index is 12.9. The van der Waals surface area contributed by atoms with Gasteiger partial charge in [0.25, 0.3) is 11.8 Å². The topological polar surface area (TPSA) is 105 Å². The summed E-state index contributed by atoms with van der Waals surface area (Å²) in [5.41, 5.74) is 4.26. The molecule has 0 spiro atoms. The summed E-state index contributed by atoms with van der Waals surface area (Å²) in [6.07, 6.45) is -0.990. The molecular weight excluding hydrogens is 425 g/mol. The summed E-state index contributed by atoms with van der Waals surface area (Å²) in [5, 5.41) is 0.379. The predicted molar refractivity (Wildman–Crippen MR) is 104 cm³/mol. The highest BCUT2D eigenvalue weighted by molar-refractivity contribution is 7.89. The molecule has 11 heteroatoms. The number of hydrazine groups is 1.